The molecule has 0 radical (unpaired) electrons. The van der Waals surface area contributed by atoms with Crippen LogP contribution in [0.15, 0.2) is 193 Å². The third-order valence-corrected chi connectivity index (χ3v) is 8.19. The third kappa shape index (κ3) is 9.94. The number of hydrogen-bond acceptors (Lipinski definition) is 4. The van der Waals surface area contributed by atoms with Crippen molar-refractivity contribution in [2.75, 3.05) is 0 Å². The highest BCUT2D eigenvalue weighted by molar-refractivity contribution is 6.13. The summed E-state index contributed by atoms with van der Waals surface area (Å²) < 4.78 is 0. The van der Waals surface area contributed by atoms with Crippen LogP contribution in [0.2, 0.25) is 0 Å². The minimum Gasteiger partial charge on any atom is -0.363 e. The van der Waals surface area contributed by atoms with Crippen LogP contribution in [0.5, 0.6) is 0 Å². The summed E-state index contributed by atoms with van der Waals surface area (Å²) in [6, 6.07) is 16.6. The van der Waals surface area contributed by atoms with Crippen molar-refractivity contribution in [1.82, 2.24) is 15.3 Å². The van der Waals surface area contributed by atoms with Gasteiger partial charge >= 0.3 is 0 Å². The Kier molecular flexibility index (Phi) is 12.6. The highest BCUT2D eigenvalue weighted by Gasteiger charge is 2.19. The van der Waals surface area contributed by atoms with E-state index in [1.54, 1.807) is 12.4 Å². The van der Waals surface area contributed by atoms with E-state index in [1.165, 1.54) is 0 Å². The zero-order valence-corrected chi connectivity index (χ0v) is 27.6. The van der Waals surface area contributed by atoms with Gasteiger partial charge in [-0.2, -0.15) is 0 Å². The van der Waals surface area contributed by atoms with Gasteiger partial charge in [-0.3, -0.25) is 15.0 Å². The second kappa shape index (κ2) is 17.9. The molecule has 0 saturated heterocycles. The molecule has 1 aromatic carbocycles. The summed E-state index contributed by atoms with van der Waals surface area (Å²) in [5, 5.41) is 3.66. The third-order valence-electron chi connectivity index (χ3n) is 8.19. The molecule has 48 heavy (non-hydrogen) atoms. The molecule has 0 bridgehead atoms. The number of hydrogen-bond donors (Lipinski definition) is 1. The first-order valence-electron chi connectivity index (χ1n) is 16.6. The van der Waals surface area contributed by atoms with E-state index in [0.29, 0.717) is 0 Å². The van der Waals surface area contributed by atoms with Crippen LogP contribution in [0, 0.1) is 0 Å². The first-order valence-corrected chi connectivity index (χ1v) is 16.6. The van der Waals surface area contributed by atoms with Gasteiger partial charge in [-0.1, -0.05) is 104 Å². The van der Waals surface area contributed by atoms with Gasteiger partial charge in [0.15, 0.2) is 0 Å². The zero-order valence-electron chi connectivity index (χ0n) is 27.6. The maximum atomic E-state index is 5.18. The van der Waals surface area contributed by atoms with Crippen LogP contribution in [-0.4, -0.2) is 21.8 Å². The highest BCUT2D eigenvalue weighted by atomic mass is 15.1. The zero-order chi connectivity index (χ0) is 33.4. The summed E-state index contributed by atoms with van der Waals surface area (Å²) in [6.45, 7) is 12.6. The molecule has 0 spiro atoms. The highest BCUT2D eigenvalue weighted by Crippen LogP contribution is 2.26. The summed E-state index contributed by atoms with van der Waals surface area (Å²) in [5.74, 6) is 0. The van der Waals surface area contributed by atoms with Gasteiger partial charge in [0.05, 0.1) is 5.71 Å². The van der Waals surface area contributed by atoms with Gasteiger partial charge in [0.25, 0.3) is 0 Å². The van der Waals surface area contributed by atoms with Gasteiger partial charge in [0.2, 0.25) is 0 Å². The Morgan fingerprint density at radius 3 is 2.02 bits per heavy atom. The molecule has 5 rings (SSSR count). The van der Waals surface area contributed by atoms with Crippen molar-refractivity contribution in [2.45, 2.75) is 44.7 Å². The van der Waals surface area contributed by atoms with Gasteiger partial charge < -0.3 is 5.32 Å². The molecule has 2 aromatic heterocycles. The second-order valence-corrected chi connectivity index (χ2v) is 11.8. The Morgan fingerprint density at radius 1 is 0.750 bits per heavy atom. The summed E-state index contributed by atoms with van der Waals surface area (Å²) in [6.07, 6.45) is 38.0. The van der Waals surface area contributed by atoms with Crippen LogP contribution in [0.1, 0.15) is 49.7 Å². The van der Waals surface area contributed by atoms with E-state index in [2.05, 4.69) is 138 Å². The molecule has 4 heteroatoms. The van der Waals surface area contributed by atoms with Crippen molar-refractivity contribution in [2.24, 2.45) is 4.99 Å². The first-order chi connectivity index (χ1) is 23.6. The lowest BCUT2D eigenvalue weighted by molar-refractivity contribution is 0.571. The van der Waals surface area contributed by atoms with E-state index in [0.717, 1.165) is 94.5 Å². The average molecular weight is 629 g/mol. The fraction of sp³-hybridized carbons (Fsp3) is 0.159. The number of aliphatic imine (C=N–C) groups is 1. The Labute approximate surface area is 286 Å². The molecule has 4 nitrogen and oxygen atoms in total. The summed E-state index contributed by atoms with van der Waals surface area (Å²) in [7, 11) is 0. The van der Waals surface area contributed by atoms with Crippen LogP contribution < -0.4 is 5.32 Å². The van der Waals surface area contributed by atoms with Gasteiger partial charge in [0.1, 0.15) is 6.17 Å². The van der Waals surface area contributed by atoms with Gasteiger partial charge in [-0.05, 0) is 96.7 Å². The molecule has 1 aliphatic heterocycles. The molecule has 0 saturated carbocycles. The smallest absolute Gasteiger partial charge is 0.119 e. The predicted octanol–water partition coefficient (Wildman–Crippen LogP) is 10.6. The minimum atomic E-state index is -0.118. The quantitative estimate of drug-likeness (QED) is 0.215. The van der Waals surface area contributed by atoms with Crippen molar-refractivity contribution < 1.29 is 0 Å². The number of pyridine rings is 2. The SMILES string of the molecule is C=CCCC(=C)C1=C\C=C/C=C\C=C(C(=C)CCC2N=C(c3cccc(-c4cccnc4)c3)C=C(c3cccnc3)N2)\C=C\CC\C=C\1. The van der Waals surface area contributed by atoms with E-state index in [1.807, 2.05) is 30.6 Å². The van der Waals surface area contributed by atoms with Crippen molar-refractivity contribution in [3.8, 4) is 11.1 Å². The fourth-order valence-corrected chi connectivity index (χ4v) is 5.49. The Balaban J connectivity index is 1.32. The van der Waals surface area contributed by atoms with Crippen LogP contribution in [-0.2, 0) is 0 Å². The number of benzene rings is 1. The maximum absolute atomic E-state index is 5.18. The number of nitrogens with zero attached hydrogens (tertiary/aromatic N) is 3. The monoisotopic (exact) mass is 628 g/mol. The van der Waals surface area contributed by atoms with E-state index in [-0.39, 0.29) is 6.17 Å². The normalized spacial score (nSPS) is 21.3. The predicted molar refractivity (Wildman–Crippen MR) is 204 cm³/mol. The van der Waals surface area contributed by atoms with Crippen LogP contribution >= 0.6 is 0 Å². The molecule has 1 atom stereocenters. The van der Waals surface area contributed by atoms with Crippen molar-refractivity contribution in [3.63, 3.8) is 0 Å². The van der Waals surface area contributed by atoms with E-state index in [4.69, 9.17) is 4.99 Å². The van der Waals surface area contributed by atoms with Crippen molar-refractivity contribution in [1.29, 1.82) is 0 Å². The van der Waals surface area contributed by atoms with Gasteiger partial charge in [-0.25, -0.2) is 0 Å². The molecular formula is C44H44N4. The van der Waals surface area contributed by atoms with Gasteiger partial charge in [-0.15, -0.1) is 6.58 Å². The largest absolute Gasteiger partial charge is 0.363 e. The lowest BCUT2D eigenvalue weighted by Crippen LogP contribution is -2.31. The van der Waals surface area contributed by atoms with E-state index < -0.39 is 0 Å². The van der Waals surface area contributed by atoms with Crippen molar-refractivity contribution >= 4 is 11.4 Å². The Bertz CT molecular complexity index is 1830. The average Bonchev–Trinajstić information content (AvgIpc) is 3.14. The summed E-state index contributed by atoms with van der Waals surface area (Å²) in [5.41, 5.74) is 10.7. The first kappa shape index (κ1) is 33.7. The molecule has 0 fully saturated rings. The molecule has 1 unspecified atom stereocenters. The molecule has 3 aromatic rings. The van der Waals surface area contributed by atoms with Gasteiger partial charge in [0, 0.05) is 47.2 Å². The lowest BCUT2D eigenvalue weighted by Gasteiger charge is -2.25. The molecular weight excluding hydrogens is 585 g/mol. The summed E-state index contributed by atoms with van der Waals surface area (Å²) in [4.78, 5) is 13.9. The number of rotatable bonds is 11. The topological polar surface area (TPSA) is 50.2 Å². The van der Waals surface area contributed by atoms with Crippen LogP contribution in [0.4, 0.5) is 0 Å². The van der Waals surface area contributed by atoms with Crippen LogP contribution in [0.3, 0.4) is 0 Å². The molecule has 2 aliphatic rings. The molecule has 3 heterocycles. The molecule has 0 amide bonds. The fourth-order valence-electron chi connectivity index (χ4n) is 5.49. The van der Waals surface area contributed by atoms with E-state index in [9.17, 15) is 0 Å². The Hall–Kier alpha value is -5.61. The summed E-state index contributed by atoms with van der Waals surface area (Å²) >= 11 is 0. The maximum Gasteiger partial charge on any atom is 0.119 e. The lowest BCUT2D eigenvalue weighted by atomic mass is 9.97. The van der Waals surface area contributed by atoms with Crippen LogP contribution in [0.25, 0.3) is 16.8 Å². The number of allylic oxidation sites excluding steroid dienone is 16. The van der Waals surface area contributed by atoms with Crippen molar-refractivity contribution in [3.05, 3.63) is 199 Å². The van der Waals surface area contributed by atoms with E-state index >= 15 is 0 Å². The number of nitrogens with one attached hydrogen (secondary N) is 1. The molecule has 1 aliphatic carbocycles. The molecule has 1 N–H and O–H groups in total. The number of aromatic nitrogens is 2. The Morgan fingerprint density at radius 2 is 1.38 bits per heavy atom. The minimum absolute atomic E-state index is 0.118. The standard InChI is InChI=1S/C44H44N4/c1-4-5-17-34(2)36-18-10-6-8-12-20-37(21-13-9-7-11-19-36)35(3)26-27-44-47-42(31-43(48-44)41-25-16-29-46-33-41)39-23-14-22-38(30-39)40-24-15-28-45-32-40/h4,6,8,10-16,18-25,28-33,44,48H,1-3,5,7,9,17,26-27H2/b10-6-,12-8-,19-11+,21-13+,36-18-,37-20-. The molecule has 240 valence electrons. The second-order valence-electron chi connectivity index (χ2n) is 11.8.